The van der Waals surface area contributed by atoms with Crippen molar-refractivity contribution in [2.24, 2.45) is 0 Å². The molecule has 0 aliphatic rings. The molecule has 116 valence electrons. The summed E-state index contributed by atoms with van der Waals surface area (Å²) in [5.74, 6) is -0.656. The molecule has 2 rings (SSSR count). The van der Waals surface area contributed by atoms with Gasteiger partial charge in [-0.3, -0.25) is 4.79 Å². The molecule has 0 atom stereocenters. The summed E-state index contributed by atoms with van der Waals surface area (Å²) >= 11 is 0. The minimum atomic E-state index is -3.70. The molecule has 0 bridgehead atoms. The standard InChI is InChI=1S/C15H15FN2O3S/c1-11(19)18-14-5-7-15(8-6-14)22(20,21)17-10-12-3-2-4-13(16)9-12/h2-9,17H,10H2,1H3,(H,18,19). The van der Waals surface area contributed by atoms with Crippen molar-refractivity contribution in [3.8, 4) is 0 Å². The zero-order valence-corrected chi connectivity index (χ0v) is 12.7. The molecule has 2 aromatic rings. The molecular weight excluding hydrogens is 307 g/mol. The first-order valence-corrected chi connectivity index (χ1v) is 7.97. The van der Waals surface area contributed by atoms with Gasteiger partial charge in [-0.1, -0.05) is 12.1 Å². The predicted molar refractivity (Wildman–Crippen MR) is 81.2 cm³/mol. The smallest absolute Gasteiger partial charge is 0.240 e. The van der Waals surface area contributed by atoms with Crippen LogP contribution in [0.4, 0.5) is 10.1 Å². The molecule has 0 radical (unpaired) electrons. The van der Waals surface area contributed by atoms with Crippen molar-refractivity contribution < 1.29 is 17.6 Å². The lowest BCUT2D eigenvalue weighted by Crippen LogP contribution is -2.23. The molecule has 7 heteroatoms. The summed E-state index contributed by atoms with van der Waals surface area (Å²) in [4.78, 5) is 11.0. The van der Waals surface area contributed by atoms with Gasteiger partial charge in [0, 0.05) is 19.2 Å². The first-order chi connectivity index (χ1) is 10.4. The number of nitrogens with one attached hydrogen (secondary N) is 2. The molecule has 0 unspecified atom stereocenters. The maximum absolute atomic E-state index is 13.0. The maximum Gasteiger partial charge on any atom is 0.240 e. The predicted octanol–water partition coefficient (Wildman–Crippen LogP) is 2.26. The van der Waals surface area contributed by atoms with E-state index in [9.17, 15) is 17.6 Å². The molecule has 0 saturated carbocycles. The van der Waals surface area contributed by atoms with Crippen LogP contribution in [-0.2, 0) is 21.4 Å². The number of sulfonamides is 1. The van der Waals surface area contributed by atoms with Gasteiger partial charge in [0.05, 0.1) is 4.90 Å². The third-order valence-corrected chi connectivity index (χ3v) is 4.26. The van der Waals surface area contributed by atoms with Crippen LogP contribution < -0.4 is 10.0 Å². The minimum Gasteiger partial charge on any atom is -0.326 e. The average Bonchev–Trinajstić information content (AvgIpc) is 2.45. The molecule has 0 saturated heterocycles. The van der Waals surface area contributed by atoms with E-state index in [0.29, 0.717) is 11.3 Å². The van der Waals surface area contributed by atoms with Crippen LogP contribution in [0.1, 0.15) is 12.5 Å². The maximum atomic E-state index is 13.0. The van der Waals surface area contributed by atoms with Crippen LogP contribution in [0, 0.1) is 5.82 Å². The SMILES string of the molecule is CC(=O)Nc1ccc(S(=O)(=O)NCc2cccc(F)c2)cc1. The lowest BCUT2D eigenvalue weighted by molar-refractivity contribution is -0.114. The summed E-state index contributed by atoms with van der Waals surface area (Å²) in [6.07, 6.45) is 0. The number of amides is 1. The van der Waals surface area contributed by atoms with Crippen molar-refractivity contribution >= 4 is 21.6 Å². The minimum absolute atomic E-state index is 0.00641. The summed E-state index contributed by atoms with van der Waals surface area (Å²) in [6, 6.07) is 11.5. The molecule has 2 N–H and O–H groups in total. The molecule has 0 aliphatic carbocycles. The number of benzene rings is 2. The highest BCUT2D eigenvalue weighted by Gasteiger charge is 2.13. The van der Waals surface area contributed by atoms with Gasteiger partial charge in [-0.25, -0.2) is 17.5 Å². The van der Waals surface area contributed by atoms with Crippen LogP contribution in [0.25, 0.3) is 0 Å². The van der Waals surface area contributed by atoms with Crippen LogP contribution in [0.5, 0.6) is 0 Å². The topological polar surface area (TPSA) is 75.3 Å². The Morgan fingerprint density at radius 1 is 1.14 bits per heavy atom. The van der Waals surface area contributed by atoms with Crippen LogP contribution in [0.3, 0.4) is 0 Å². The monoisotopic (exact) mass is 322 g/mol. The first kappa shape index (κ1) is 16.1. The molecule has 0 aromatic heterocycles. The van der Waals surface area contributed by atoms with Gasteiger partial charge in [-0.05, 0) is 42.0 Å². The lowest BCUT2D eigenvalue weighted by atomic mass is 10.2. The van der Waals surface area contributed by atoms with Gasteiger partial charge in [-0.2, -0.15) is 0 Å². The second-order valence-corrected chi connectivity index (χ2v) is 6.43. The number of hydrogen-bond acceptors (Lipinski definition) is 3. The zero-order chi connectivity index (χ0) is 16.2. The Kier molecular flexibility index (Phi) is 4.89. The van der Waals surface area contributed by atoms with Crippen LogP contribution in [0.2, 0.25) is 0 Å². The summed E-state index contributed by atoms with van der Waals surface area (Å²) in [5, 5.41) is 2.55. The highest BCUT2D eigenvalue weighted by Crippen LogP contribution is 2.14. The highest BCUT2D eigenvalue weighted by atomic mass is 32.2. The average molecular weight is 322 g/mol. The lowest BCUT2D eigenvalue weighted by Gasteiger charge is -2.08. The fourth-order valence-electron chi connectivity index (χ4n) is 1.83. The fraction of sp³-hybridized carbons (Fsp3) is 0.133. The van der Waals surface area contributed by atoms with Crippen molar-refractivity contribution in [3.63, 3.8) is 0 Å². The van der Waals surface area contributed by atoms with Crippen molar-refractivity contribution in [1.82, 2.24) is 4.72 Å². The van der Waals surface area contributed by atoms with E-state index in [1.54, 1.807) is 6.07 Å². The van der Waals surface area contributed by atoms with Gasteiger partial charge >= 0.3 is 0 Å². The third kappa shape index (κ3) is 4.37. The fourth-order valence-corrected chi connectivity index (χ4v) is 2.85. The Bertz CT molecular complexity index is 774. The molecule has 5 nitrogen and oxygen atoms in total. The van der Waals surface area contributed by atoms with Crippen molar-refractivity contribution in [2.75, 3.05) is 5.32 Å². The van der Waals surface area contributed by atoms with E-state index in [0.717, 1.165) is 0 Å². The molecule has 1 amide bonds. The Labute approximate surface area is 128 Å². The largest absolute Gasteiger partial charge is 0.326 e. The number of halogens is 1. The van der Waals surface area contributed by atoms with Gasteiger partial charge < -0.3 is 5.32 Å². The van der Waals surface area contributed by atoms with Gasteiger partial charge in [0.1, 0.15) is 5.82 Å². The van der Waals surface area contributed by atoms with E-state index < -0.39 is 15.8 Å². The van der Waals surface area contributed by atoms with E-state index in [4.69, 9.17) is 0 Å². The molecule has 0 heterocycles. The first-order valence-electron chi connectivity index (χ1n) is 6.48. The van der Waals surface area contributed by atoms with Gasteiger partial charge in [0.25, 0.3) is 0 Å². The number of hydrogen-bond donors (Lipinski definition) is 2. The van der Waals surface area contributed by atoms with E-state index in [1.807, 2.05) is 0 Å². The summed E-state index contributed by atoms with van der Waals surface area (Å²) < 4.78 is 39.7. The van der Waals surface area contributed by atoms with E-state index in [1.165, 1.54) is 49.4 Å². The van der Waals surface area contributed by atoms with Crippen molar-refractivity contribution in [2.45, 2.75) is 18.4 Å². The molecule has 2 aromatic carbocycles. The quantitative estimate of drug-likeness (QED) is 0.886. The third-order valence-electron chi connectivity index (χ3n) is 2.84. The van der Waals surface area contributed by atoms with Crippen LogP contribution in [-0.4, -0.2) is 14.3 Å². The van der Waals surface area contributed by atoms with E-state index >= 15 is 0 Å². The Balaban J connectivity index is 2.08. The summed E-state index contributed by atoms with van der Waals surface area (Å²) in [6.45, 7) is 1.36. The zero-order valence-electron chi connectivity index (χ0n) is 11.8. The highest BCUT2D eigenvalue weighted by molar-refractivity contribution is 7.89. The van der Waals surface area contributed by atoms with Crippen LogP contribution >= 0.6 is 0 Å². The second-order valence-electron chi connectivity index (χ2n) is 4.66. The van der Waals surface area contributed by atoms with E-state index in [2.05, 4.69) is 10.0 Å². The van der Waals surface area contributed by atoms with Gasteiger partial charge in [0.2, 0.25) is 15.9 Å². The molecule has 0 spiro atoms. The molecule has 22 heavy (non-hydrogen) atoms. The van der Waals surface area contributed by atoms with Crippen molar-refractivity contribution in [1.29, 1.82) is 0 Å². The Hall–Kier alpha value is -2.25. The number of carbonyl (C=O) groups excluding carboxylic acids is 1. The summed E-state index contributed by atoms with van der Waals surface area (Å²) in [5.41, 5.74) is 1.04. The Morgan fingerprint density at radius 2 is 1.82 bits per heavy atom. The number of rotatable bonds is 5. The Morgan fingerprint density at radius 3 is 2.41 bits per heavy atom. The van der Waals surface area contributed by atoms with Crippen LogP contribution in [0.15, 0.2) is 53.4 Å². The van der Waals surface area contributed by atoms with Gasteiger partial charge in [0.15, 0.2) is 0 Å². The number of carbonyl (C=O) groups is 1. The summed E-state index contributed by atoms with van der Waals surface area (Å²) in [7, 11) is -3.70. The normalized spacial score (nSPS) is 11.2. The van der Waals surface area contributed by atoms with Crippen molar-refractivity contribution in [3.05, 3.63) is 59.9 Å². The molecule has 0 aliphatic heterocycles. The number of anilines is 1. The van der Waals surface area contributed by atoms with Gasteiger partial charge in [-0.15, -0.1) is 0 Å². The molecule has 0 fully saturated rings. The second kappa shape index (κ2) is 6.67. The van der Waals surface area contributed by atoms with E-state index in [-0.39, 0.29) is 17.3 Å². The molecular formula is C15H15FN2O3S.